The predicted octanol–water partition coefficient (Wildman–Crippen LogP) is 3.98. The normalized spacial score (nSPS) is 12.9. The maximum absolute atomic E-state index is 12.5. The lowest BCUT2D eigenvalue weighted by Gasteiger charge is -2.18. The Balaban J connectivity index is 3.63. The highest BCUT2D eigenvalue weighted by atomic mass is 79.9. The van der Waals surface area contributed by atoms with E-state index < -0.39 is 35.6 Å². The van der Waals surface area contributed by atoms with E-state index in [1.165, 1.54) is 0 Å². The molecule has 0 saturated heterocycles. The van der Waals surface area contributed by atoms with Gasteiger partial charge < -0.3 is 5.11 Å². The van der Waals surface area contributed by atoms with Crippen molar-refractivity contribution >= 4 is 15.9 Å². The van der Waals surface area contributed by atoms with Gasteiger partial charge in [-0.3, -0.25) is 0 Å². The van der Waals surface area contributed by atoms with Crippen molar-refractivity contribution < 1.29 is 31.4 Å². The highest BCUT2D eigenvalue weighted by Crippen LogP contribution is 2.43. The van der Waals surface area contributed by atoms with Gasteiger partial charge in [0.2, 0.25) is 0 Å². The molecule has 0 radical (unpaired) electrons. The summed E-state index contributed by atoms with van der Waals surface area (Å²) in [5.74, 6) is 0. The van der Waals surface area contributed by atoms with Gasteiger partial charge in [0.05, 0.1) is 17.7 Å². The van der Waals surface area contributed by atoms with Crippen LogP contribution in [-0.2, 0) is 19.0 Å². The van der Waals surface area contributed by atoms with Crippen LogP contribution in [0.5, 0.6) is 0 Å². The molecule has 1 aromatic rings. The Labute approximate surface area is 100 Å². The van der Waals surface area contributed by atoms with Crippen molar-refractivity contribution in [2.75, 3.05) is 0 Å². The van der Waals surface area contributed by atoms with E-state index in [0.717, 1.165) is 6.07 Å². The van der Waals surface area contributed by atoms with Gasteiger partial charge in [-0.25, -0.2) is 0 Å². The van der Waals surface area contributed by atoms with Crippen molar-refractivity contribution in [3.63, 3.8) is 0 Å². The van der Waals surface area contributed by atoms with Crippen LogP contribution in [0.1, 0.15) is 16.7 Å². The summed E-state index contributed by atoms with van der Waals surface area (Å²) in [5, 5.41) is 8.71. The Kier molecular flexibility index (Phi) is 3.78. The van der Waals surface area contributed by atoms with Gasteiger partial charge in [0.25, 0.3) is 0 Å². The summed E-state index contributed by atoms with van der Waals surface area (Å²) in [6, 6.07) is 1.14. The molecule has 1 aromatic carbocycles. The molecule has 1 rings (SSSR count). The standard InChI is InChI=1S/C9H5BrF6O/c10-5-1-4(3-17)7(9(14,15)16)6(2-5)8(11,12)13/h1-2,17H,3H2. The van der Waals surface area contributed by atoms with Gasteiger partial charge in [-0.2, -0.15) is 26.3 Å². The smallest absolute Gasteiger partial charge is 0.392 e. The fourth-order valence-corrected chi connectivity index (χ4v) is 1.85. The molecule has 0 aliphatic rings. The second-order valence-corrected chi connectivity index (χ2v) is 4.06. The summed E-state index contributed by atoms with van der Waals surface area (Å²) >= 11 is 2.67. The summed E-state index contributed by atoms with van der Waals surface area (Å²) in [5.41, 5.74) is -4.49. The molecule has 0 aromatic heterocycles. The molecule has 1 N–H and O–H groups in total. The summed E-state index contributed by atoms with van der Waals surface area (Å²) < 4.78 is 74.8. The molecule has 1 nitrogen and oxygen atoms in total. The van der Waals surface area contributed by atoms with Crippen LogP contribution in [0.4, 0.5) is 26.3 Å². The summed E-state index contributed by atoms with van der Waals surface area (Å²) in [6.45, 7) is -1.13. The average Bonchev–Trinajstić information content (AvgIpc) is 2.12. The van der Waals surface area contributed by atoms with E-state index in [1.807, 2.05) is 0 Å². The summed E-state index contributed by atoms with van der Waals surface area (Å²) in [6.07, 6.45) is -10.3. The Morgan fingerprint density at radius 3 is 1.88 bits per heavy atom. The van der Waals surface area contributed by atoms with E-state index in [4.69, 9.17) is 5.11 Å². The first-order valence-electron chi connectivity index (χ1n) is 4.15. The van der Waals surface area contributed by atoms with Crippen LogP contribution in [-0.4, -0.2) is 5.11 Å². The van der Waals surface area contributed by atoms with Crippen molar-refractivity contribution in [1.82, 2.24) is 0 Å². The van der Waals surface area contributed by atoms with Crippen molar-refractivity contribution in [3.8, 4) is 0 Å². The van der Waals surface area contributed by atoms with Crippen molar-refractivity contribution in [2.45, 2.75) is 19.0 Å². The number of benzene rings is 1. The molecular formula is C9H5BrF6O. The predicted molar refractivity (Wildman–Crippen MR) is 50.1 cm³/mol. The van der Waals surface area contributed by atoms with Crippen LogP contribution in [0.3, 0.4) is 0 Å². The Bertz CT molecular complexity index is 423. The third kappa shape index (κ3) is 3.12. The number of rotatable bonds is 1. The van der Waals surface area contributed by atoms with Gasteiger partial charge in [-0.15, -0.1) is 0 Å². The highest BCUT2D eigenvalue weighted by Gasteiger charge is 2.44. The number of alkyl halides is 6. The second-order valence-electron chi connectivity index (χ2n) is 3.14. The monoisotopic (exact) mass is 322 g/mol. The minimum Gasteiger partial charge on any atom is -0.392 e. The number of hydrogen-bond acceptors (Lipinski definition) is 1. The molecule has 0 unspecified atom stereocenters. The van der Waals surface area contributed by atoms with E-state index in [-0.39, 0.29) is 4.47 Å². The molecular weight excluding hydrogens is 318 g/mol. The summed E-state index contributed by atoms with van der Waals surface area (Å²) in [4.78, 5) is 0. The zero-order valence-corrected chi connectivity index (χ0v) is 9.54. The minimum absolute atomic E-state index is 0.179. The molecule has 17 heavy (non-hydrogen) atoms. The van der Waals surface area contributed by atoms with Crippen LogP contribution in [0, 0.1) is 0 Å². The van der Waals surface area contributed by atoms with Crippen LogP contribution < -0.4 is 0 Å². The largest absolute Gasteiger partial charge is 0.417 e. The Morgan fingerprint density at radius 1 is 1.00 bits per heavy atom. The summed E-state index contributed by atoms with van der Waals surface area (Å²) in [7, 11) is 0. The van der Waals surface area contributed by atoms with E-state index in [0.29, 0.717) is 6.07 Å². The lowest BCUT2D eigenvalue weighted by atomic mass is 10.0. The molecule has 0 spiro atoms. The molecule has 8 heteroatoms. The number of aliphatic hydroxyl groups excluding tert-OH is 1. The van der Waals surface area contributed by atoms with Crippen molar-refractivity contribution in [3.05, 3.63) is 33.3 Å². The molecule has 0 heterocycles. The first kappa shape index (κ1) is 14.3. The third-order valence-electron chi connectivity index (χ3n) is 1.94. The molecule has 0 bridgehead atoms. The zero-order chi connectivity index (χ0) is 13.4. The van der Waals surface area contributed by atoms with E-state index >= 15 is 0 Å². The molecule has 0 aliphatic carbocycles. The van der Waals surface area contributed by atoms with E-state index in [2.05, 4.69) is 15.9 Å². The topological polar surface area (TPSA) is 20.2 Å². The van der Waals surface area contributed by atoms with Gasteiger partial charge in [0.1, 0.15) is 0 Å². The molecule has 0 atom stereocenters. The lowest BCUT2D eigenvalue weighted by Crippen LogP contribution is -2.19. The first-order valence-corrected chi connectivity index (χ1v) is 4.94. The fraction of sp³-hybridized carbons (Fsp3) is 0.333. The maximum atomic E-state index is 12.5. The van der Waals surface area contributed by atoms with Crippen molar-refractivity contribution in [1.29, 1.82) is 0 Å². The van der Waals surface area contributed by atoms with Crippen LogP contribution >= 0.6 is 15.9 Å². The average molecular weight is 323 g/mol. The van der Waals surface area contributed by atoms with Crippen molar-refractivity contribution in [2.24, 2.45) is 0 Å². The Morgan fingerprint density at radius 2 is 1.53 bits per heavy atom. The number of aliphatic hydroxyl groups is 1. The SMILES string of the molecule is OCc1cc(Br)cc(C(F)(F)F)c1C(F)(F)F. The fourth-order valence-electron chi connectivity index (χ4n) is 1.35. The van der Waals surface area contributed by atoms with Crippen LogP contribution in [0.15, 0.2) is 16.6 Å². The van der Waals surface area contributed by atoms with Crippen LogP contribution in [0.25, 0.3) is 0 Å². The molecule has 0 aliphatic heterocycles. The van der Waals surface area contributed by atoms with Crippen LogP contribution in [0.2, 0.25) is 0 Å². The first-order chi connectivity index (χ1) is 7.57. The zero-order valence-electron chi connectivity index (χ0n) is 7.95. The van der Waals surface area contributed by atoms with E-state index in [9.17, 15) is 26.3 Å². The molecule has 96 valence electrons. The van der Waals surface area contributed by atoms with Gasteiger partial charge in [0, 0.05) is 4.47 Å². The van der Waals surface area contributed by atoms with Gasteiger partial charge in [0.15, 0.2) is 0 Å². The number of halogens is 7. The van der Waals surface area contributed by atoms with Gasteiger partial charge >= 0.3 is 12.4 Å². The second kappa shape index (κ2) is 4.49. The lowest BCUT2D eigenvalue weighted by molar-refractivity contribution is -0.162. The Hall–Kier alpha value is -0.760. The molecule has 0 amide bonds. The quantitative estimate of drug-likeness (QED) is 0.775. The maximum Gasteiger partial charge on any atom is 0.417 e. The van der Waals surface area contributed by atoms with Gasteiger partial charge in [-0.1, -0.05) is 15.9 Å². The van der Waals surface area contributed by atoms with Gasteiger partial charge in [-0.05, 0) is 17.7 Å². The van der Waals surface area contributed by atoms with E-state index in [1.54, 1.807) is 0 Å². The third-order valence-corrected chi connectivity index (χ3v) is 2.40. The molecule has 0 saturated carbocycles. The highest BCUT2D eigenvalue weighted by molar-refractivity contribution is 9.10. The number of hydrogen-bond donors (Lipinski definition) is 1. The molecule has 0 fully saturated rings. The minimum atomic E-state index is -5.18.